The standard InChI is InChI=1S/C11H11ClN2O.ClH.H2S/c1-6(13)9-5-7-4-8(12)2-3-10(7)14-11(9)15;;/h2-6H,13H2,1H3,(H,14,15);1H;1H2/t6-;;/m0../s1. The van der Waals surface area contributed by atoms with E-state index in [2.05, 4.69) is 4.98 Å². The van der Waals surface area contributed by atoms with Crippen LogP contribution >= 0.6 is 37.5 Å². The van der Waals surface area contributed by atoms with Crippen molar-refractivity contribution in [2.45, 2.75) is 13.0 Å². The van der Waals surface area contributed by atoms with Gasteiger partial charge in [-0.3, -0.25) is 4.79 Å². The number of aromatic nitrogens is 1. The first-order valence-corrected chi connectivity index (χ1v) is 5.04. The predicted octanol–water partition coefficient (Wildman–Crippen LogP) is 2.74. The van der Waals surface area contributed by atoms with E-state index in [0.29, 0.717) is 10.6 Å². The minimum Gasteiger partial charge on any atom is -0.324 e. The maximum Gasteiger partial charge on any atom is 0.253 e. The molecule has 1 aromatic carbocycles. The van der Waals surface area contributed by atoms with E-state index in [9.17, 15) is 4.79 Å². The third kappa shape index (κ3) is 3.39. The monoisotopic (exact) mass is 292 g/mol. The van der Waals surface area contributed by atoms with Crippen molar-refractivity contribution in [2.24, 2.45) is 5.73 Å². The zero-order valence-electron chi connectivity index (χ0n) is 9.16. The second-order valence-electron chi connectivity index (χ2n) is 3.57. The molecule has 17 heavy (non-hydrogen) atoms. The molecule has 0 radical (unpaired) electrons. The molecule has 1 atom stereocenters. The van der Waals surface area contributed by atoms with Crippen LogP contribution in [-0.4, -0.2) is 4.98 Å². The molecule has 2 rings (SSSR count). The van der Waals surface area contributed by atoms with Gasteiger partial charge in [0.05, 0.1) is 0 Å². The molecular weight excluding hydrogens is 279 g/mol. The number of rotatable bonds is 1. The topological polar surface area (TPSA) is 58.9 Å². The van der Waals surface area contributed by atoms with Crippen LogP contribution < -0.4 is 11.3 Å². The molecule has 0 fully saturated rings. The van der Waals surface area contributed by atoms with Crippen molar-refractivity contribution in [1.29, 1.82) is 0 Å². The van der Waals surface area contributed by atoms with Gasteiger partial charge < -0.3 is 10.7 Å². The summed E-state index contributed by atoms with van der Waals surface area (Å²) < 4.78 is 0. The summed E-state index contributed by atoms with van der Waals surface area (Å²) in [6.07, 6.45) is 0. The SMILES string of the molecule is C[C@H](N)c1cc2cc(Cl)ccc2[nH]c1=O.Cl.S. The molecule has 2 aromatic rings. The molecule has 0 aliphatic carbocycles. The summed E-state index contributed by atoms with van der Waals surface area (Å²) in [6, 6.07) is 6.83. The third-order valence-electron chi connectivity index (χ3n) is 2.33. The fourth-order valence-corrected chi connectivity index (χ4v) is 1.71. The van der Waals surface area contributed by atoms with E-state index in [-0.39, 0.29) is 37.5 Å². The lowest BCUT2D eigenvalue weighted by molar-refractivity contribution is 0.804. The quantitative estimate of drug-likeness (QED) is 0.849. The Morgan fingerprint density at radius 3 is 2.59 bits per heavy atom. The maximum atomic E-state index is 11.6. The van der Waals surface area contributed by atoms with Crippen LogP contribution in [0.25, 0.3) is 10.9 Å². The van der Waals surface area contributed by atoms with Gasteiger partial charge in [-0.15, -0.1) is 12.4 Å². The first-order valence-electron chi connectivity index (χ1n) is 4.66. The number of H-pyrrole nitrogens is 1. The van der Waals surface area contributed by atoms with Gasteiger partial charge in [-0.05, 0) is 31.2 Å². The Kier molecular flexibility index (Phi) is 6.05. The smallest absolute Gasteiger partial charge is 0.253 e. The van der Waals surface area contributed by atoms with Crippen molar-refractivity contribution in [1.82, 2.24) is 4.98 Å². The highest BCUT2D eigenvalue weighted by molar-refractivity contribution is 7.59. The second-order valence-corrected chi connectivity index (χ2v) is 4.01. The average molecular weight is 293 g/mol. The van der Waals surface area contributed by atoms with E-state index in [4.69, 9.17) is 17.3 Å². The summed E-state index contributed by atoms with van der Waals surface area (Å²) in [5.74, 6) is 0. The lowest BCUT2D eigenvalue weighted by Gasteiger charge is -2.06. The Bertz CT molecular complexity index is 569. The van der Waals surface area contributed by atoms with Crippen LogP contribution in [0.2, 0.25) is 5.02 Å². The van der Waals surface area contributed by atoms with Crippen molar-refractivity contribution in [3.63, 3.8) is 0 Å². The molecule has 0 aliphatic rings. The van der Waals surface area contributed by atoms with E-state index < -0.39 is 0 Å². The van der Waals surface area contributed by atoms with Crippen LogP contribution in [0.5, 0.6) is 0 Å². The van der Waals surface area contributed by atoms with Gasteiger partial charge in [0.25, 0.3) is 5.56 Å². The largest absolute Gasteiger partial charge is 0.324 e. The van der Waals surface area contributed by atoms with E-state index >= 15 is 0 Å². The van der Waals surface area contributed by atoms with Crippen LogP contribution in [0.4, 0.5) is 0 Å². The molecule has 0 aliphatic heterocycles. The first kappa shape index (κ1) is 16.3. The number of benzene rings is 1. The highest BCUT2D eigenvalue weighted by Crippen LogP contribution is 2.18. The molecule has 0 unspecified atom stereocenters. The molecule has 0 bridgehead atoms. The van der Waals surface area contributed by atoms with Gasteiger partial charge in [0.15, 0.2) is 0 Å². The molecule has 1 aromatic heterocycles. The normalized spacial score (nSPS) is 11.5. The molecule has 0 amide bonds. The zero-order chi connectivity index (χ0) is 11.0. The molecule has 1 heterocycles. The number of hydrogen-bond acceptors (Lipinski definition) is 2. The molecule has 0 saturated carbocycles. The van der Waals surface area contributed by atoms with Gasteiger partial charge in [-0.2, -0.15) is 13.5 Å². The van der Waals surface area contributed by atoms with Crippen molar-refractivity contribution < 1.29 is 0 Å². The number of halogens is 2. The number of fused-ring (bicyclic) bond motifs is 1. The highest BCUT2D eigenvalue weighted by Gasteiger charge is 2.06. The van der Waals surface area contributed by atoms with Gasteiger partial charge in [0.1, 0.15) is 0 Å². The first-order chi connectivity index (χ1) is 7.08. The fraction of sp³-hybridized carbons (Fsp3) is 0.182. The molecule has 6 heteroatoms. The second kappa shape index (κ2) is 6.31. The van der Waals surface area contributed by atoms with Gasteiger partial charge in [-0.25, -0.2) is 0 Å². The number of pyridine rings is 1. The van der Waals surface area contributed by atoms with Gasteiger partial charge in [-0.1, -0.05) is 11.6 Å². The zero-order valence-corrected chi connectivity index (χ0v) is 11.7. The van der Waals surface area contributed by atoms with Gasteiger partial charge in [0, 0.05) is 27.5 Å². The molecular formula is C11H14Cl2N2OS. The summed E-state index contributed by atoms with van der Waals surface area (Å²) in [5.41, 5.74) is 6.90. The minimum atomic E-state index is -0.280. The van der Waals surface area contributed by atoms with Crippen LogP contribution in [0.3, 0.4) is 0 Å². The maximum absolute atomic E-state index is 11.6. The van der Waals surface area contributed by atoms with E-state index in [1.165, 1.54) is 0 Å². The Labute approximate surface area is 117 Å². The molecule has 94 valence electrons. The third-order valence-corrected chi connectivity index (χ3v) is 2.56. The molecule has 0 spiro atoms. The summed E-state index contributed by atoms with van der Waals surface area (Å²) in [6.45, 7) is 1.78. The number of nitrogens with one attached hydrogen (secondary N) is 1. The van der Waals surface area contributed by atoms with E-state index in [1.807, 2.05) is 0 Å². The van der Waals surface area contributed by atoms with Crippen molar-refractivity contribution in [3.8, 4) is 0 Å². The van der Waals surface area contributed by atoms with E-state index in [0.717, 1.165) is 10.9 Å². The Morgan fingerprint density at radius 1 is 1.35 bits per heavy atom. The average Bonchev–Trinajstić information content (AvgIpc) is 2.17. The van der Waals surface area contributed by atoms with Crippen LogP contribution in [0, 0.1) is 0 Å². The number of aromatic amines is 1. The lowest BCUT2D eigenvalue weighted by Crippen LogP contribution is -2.19. The molecule has 0 saturated heterocycles. The lowest BCUT2D eigenvalue weighted by atomic mass is 10.1. The number of nitrogens with two attached hydrogens (primary N) is 1. The fourth-order valence-electron chi connectivity index (χ4n) is 1.53. The summed E-state index contributed by atoms with van der Waals surface area (Å²) >= 11 is 5.87. The van der Waals surface area contributed by atoms with Gasteiger partial charge in [0.2, 0.25) is 0 Å². The Hall–Kier alpha value is -0.680. The van der Waals surface area contributed by atoms with E-state index in [1.54, 1.807) is 31.2 Å². The summed E-state index contributed by atoms with van der Waals surface area (Å²) in [7, 11) is 0. The van der Waals surface area contributed by atoms with Crippen molar-refractivity contribution >= 4 is 48.4 Å². The van der Waals surface area contributed by atoms with Crippen LogP contribution in [0.1, 0.15) is 18.5 Å². The Morgan fingerprint density at radius 2 is 2.00 bits per heavy atom. The van der Waals surface area contributed by atoms with Crippen LogP contribution in [0.15, 0.2) is 29.1 Å². The number of hydrogen-bond donors (Lipinski definition) is 2. The predicted molar refractivity (Wildman–Crippen MR) is 79.8 cm³/mol. The summed E-state index contributed by atoms with van der Waals surface area (Å²) in [4.78, 5) is 14.4. The van der Waals surface area contributed by atoms with Crippen LogP contribution in [-0.2, 0) is 0 Å². The summed E-state index contributed by atoms with van der Waals surface area (Å²) in [5, 5.41) is 1.54. The Balaban J connectivity index is 0.00000128. The van der Waals surface area contributed by atoms with Crippen molar-refractivity contribution in [2.75, 3.05) is 0 Å². The van der Waals surface area contributed by atoms with Gasteiger partial charge >= 0.3 is 0 Å². The highest BCUT2D eigenvalue weighted by atomic mass is 35.5. The molecule has 3 nitrogen and oxygen atoms in total. The molecule has 3 N–H and O–H groups in total. The van der Waals surface area contributed by atoms with Crippen molar-refractivity contribution in [3.05, 3.63) is 45.2 Å². The minimum absolute atomic E-state index is 0.